The van der Waals surface area contributed by atoms with Crippen LogP contribution in [0.2, 0.25) is 0 Å². The van der Waals surface area contributed by atoms with E-state index in [-0.39, 0.29) is 18.0 Å². The lowest BCUT2D eigenvalue weighted by Crippen LogP contribution is -2.46. The molecule has 2 fully saturated rings. The summed E-state index contributed by atoms with van der Waals surface area (Å²) in [5.41, 5.74) is 0.493. The number of aromatic nitrogens is 2. The molecule has 132 valence electrons. The minimum atomic E-state index is -0.160. The molecule has 1 amide bonds. The van der Waals surface area contributed by atoms with Gasteiger partial charge in [-0.3, -0.25) is 14.2 Å². The molecule has 1 saturated carbocycles. The van der Waals surface area contributed by atoms with Crippen molar-refractivity contribution in [1.29, 1.82) is 0 Å². The summed E-state index contributed by atoms with van der Waals surface area (Å²) in [6, 6.07) is 5.43. The van der Waals surface area contributed by atoms with Crippen LogP contribution in [0.1, 0.15) is 32.1 Å². The topological polar surface area (TPSA) is 55.2 Å². The molecule has 25 heavy (non-hydrogen) atoms. The molecule has 1 aliphatic heterocycles. The van der Waals surface area contributed by atoms with Gasteiger partial charge >= 0.3 is 0 Å². The first-order valence-electron chi connectivity index (χ1n) is 9.04. The lowest BCUT2D eigenvalue weighted by Gasteiger charge is -2.41. The number of amides is 1. The molecular formula is C19H22BrN3O2. The van der Waals surface area contributed by atoms with Gasteiger partial charge < -0.3 is 4.90 Å². The van der Waals surface area contributed by atoms with E-state index in [1.54, 1.807) is 12.1 Å². The minimum Gasteiger partial charge on any atom is -0.341 e. The van der Waals surface area contributed by atoms with Gasteiger partial charge in [0.1, 0.15) is 6.54 Å². The summed E-state index contributed by atoms with van der Waals surface area (Å²) in [4.78, 5) is 31.7. The molecule has 4 rings (SSSR count). The predicted octanol–water partition coefficient (Wildman–Crippen LogP) is 3.20. The highest BCUT2D eigenvalue weighted by Crippen LogP contribution is 2.36. The smallest absolute Gasteiger partial charge is 0.261 e. The van der Waals surface area contributed by atoms with Gasteiger partial charge in [0.25, 0.3) is 5.56 Å². The third-order valence-corrected chi connectivity index (χ3v) is 6.23. The van der Waals surface area contributed by atoms with E-state index in [4.69, 9.17) is 0 Å². The molecular weight excluding hydrogens is 382 g/mol. The normalized spacial score (nSPS) is 23.5. The van der Waals surface area contributed by atoms with Gasteiger partial charge in [-0.05, 0) is 42.9 Å². The molecule has 5 nitrogen and oxygen atoms in total. The van der Waals surface area contributed by atoms with Crippen molar-refractivity contribution < 1.29 is 4.79 Å². The molecule has 2 aliphatic rings. The highest BCUT2D eigenvalue weighted by Gasteiger charge is 2.32. The zero-order valence-corrected chi connectivity index (χ0v) is 15.7. The van der Waals surface area contributed by atoms with Gasteiger partial charge in [0, 0.05) is 17.6 Å². The highest BCUT2D eigenvalue weighted by molar-refractivity contribution is 9.10. The number of halogens is 1. The number of fused-ring (bicyclic) bond motifs is 2. The van der Waals surface area contributed by atoms with Crippen molar-refractivity contribution in [2.75, 3.05) is 13.1 Å². The van der Waals surface area contributed by atoms with Gasteiger partial charge in [0.05, 0.1) is 17.2 Å². The van der Waals surface area contributed by atoms with Crippen LogP contribution in [-0.2, 0) is 11.3 Å². The van der Waals surface area contributed by atoms with E-state index in [0.717, 1.165) is 29.9 Å². The summed E-state index contributed by atoms with van der Waals surface area (Å²) in [5.74, 6) is 1.47. The third-order valence-electron chi connectivity index (χ3n) is 5.74. The Labute approximate surface area is 155 Å². The van der Waals surface area contributed by atoms with Crippen LogP contribution in [0.5, 0.6) is 0 Å². The largest absolute Gasteiger partial charge is 0.341 e. The summed E-state index contributed by atoms with van der Waals surface area (Å²) in [6.07, 6.45) is 7.77. The molecule has 0 radical (unpaired) electrons. The average Bonchev–Trinajstić information content (AvgIpc) is 2.64. The van der Waals surface area contributed by atoms with E-state index in [2.05, 4.69) is 20.9 Å². The molecule has 2 atom stereocenters. The Balaban J connectivity index is 1.52. The second-order valence-corrected chi connectivity index (χ2v) is 8.19. The fourth-order valence-electron chi connectivity index (χ4n) is 4.32. The van der Waals surface area contributed by atoms with E-state index in [1.165, 1.54) is 36.6 Å². The number of nitrogens with zero attached hydrogens (tertiary/aromatic N) is 3. The van der Waals surface area contributed by atoms with Crippen molar-refractivity contribution in [1.82, 2.24) is 14.5 Å². The number of likely N-dealkylation sites (tertiary alicyclic amines) is 1. The Hall–Kier alpha value is -1.69. The van der Waals surface area contributed by atoms with Crippen molar-refractivity contribution in [3.8, 4) is 0 Å². The minimum absolute atomic E-state index is 0.0299. The monoisotopic (exact) mass is 403 g/mol. The Morgan fingerprint density at radius 1 is 1.20 bits per heavy atom. The first-order chi connectivity index (χ1) is 12.1. The van der Waals surface area contributed by atoms with Crippen LogP contribution in [0.3, 0.4) is 0 Å². The number of carbonyl (C=O) groups is 1. The predicted molar refractivity (Wildman–Crippen MR) is 100 cm³/mol. The van der Waals surface area contributed by atoms with E-state index < -0.39 is 0 Å². The van der Waals surface area contributed by atoms with Crippen LogP contribution in [-0.4, -0.2) is 33.4 Å². The van der Waals surface area contributed by atoms with Crippen LogP contribution in [0.4, 0.5) is 0 Å². The number of hydrogen-bond donors (Lipinski definition) is 0. The van der Waals surface area contributed by atoms with Crippen LogP contribution < -0.4 is 5.56 Å². The Kier molecular flexibility index (Phi) is 4.63. The molecule has 6 heteroatoms. The summed E-state index contributed by atoms with van der Waals surface area (Å²) >= 11 is 3.39. The van der Waals surface area contributed by atoms with Gasteiger partial charge in [-0.25, -0.2) is 4.98 Å². The molecule has 0 N–H and O–H groups in total. The third kappa shape index (κ3) is 3.36. The standard InChI is InChI=1S/C19H22BrN3O2/c20-15-5-6-17-16(9-15)19(25)23(12-21-17)11-18(24)22-8-7-13-3-1-2-4-14(13)10-22/h5-6,9,12-14H,1-4,7-8,10-11H2. The number of benzene rings is 1. The second-order valence-electron chi connectivity index (χ2n) is 7.27. The summed E-state index contributed by atoms with van der Waals surface area (Å²) < 4.78 is 2.27. The molecule has 0 bridgehead atoms. The fraction of sp³-hybridized carbons (Fsp3) is 0.526. The number of carbonyl (C=O) groups excluding carboxylic acids is 1. The lowest BCUT2D eigenvalue weighted by molar-refractivity contribution is -0.135. The first kappa shape index (κ1) is 16.8. The molecule has 2 unspecified atom stereocenters. The van der Waals surface area contributed by atoms with Crippen molar-refractivity contribution in [2.24, 2.45) is 11.8 Å². The second kappa shape index (κ2) is 6.90. The molecule has 1 aromatic carbocycles. The average molecular weight is 404 g/mol. The zero-order chi connectivity index (χ0) is 17.4. The van der Waals surface area contributed by atoms with E-state index in [1.807, 2.05) is 11.0 Å². The van der Waals surface area contributed by atoms with Gasteiger partial charge in [-0.2, -0.15) is 0 Å². The van der Waals surface area contributed by atoms with Crippen molar-refractivity contribution in [2.45, 2.75) is 38.6 Å². The van der Waals surface area contributed by atoms with Gasteiger partial charge in [-0.1, -0.05) is 35.2 Å². The summed E-state index contributed by atoms with van der Waals surface area (Å²) in [5, 5.41) is 0.538. The van der Waals surface area contributed by atoms with Crippen molar-refractivity contribution in [3.05, 3.63) is 39.4 Å². The molecule has 2 aromatic rings. The van der Waals surface area contributed by atoms with Gasteiger partial charge in [0.2, 0.25) is 5.91 Å². The molecule has 1 aromatic heterocycles. The zero-order valence-electron chi connectivity index (χ0n) is 14.2. The molecule has 2 heterocycles. The number of hydrogen-bond acceptors (Lipinski definition) is 3. The first-order valence-corrected chi connectivity index (χ1v) is 9.83. The van der Waals surface area contributed by atoms with E-state index in [9.17, 15) is 9.59 Å². The van der Waals surface area contributed by atoms with Crippen LogP contribution in [0.25, 0.3) is 10.9 Å². The molecule has 1 aliphatic carbocycles. The van der Waals surface area contributed by atoms with Gasteiger partial charge in [0.15, 0.2) is 0 Å². The number of piperidine rings is 1. The molecule has 1 saturated heterocycles. The SMILES string of the molecule is O=C(Cn1cnc2ccc(Br)cc2c1=O)N1CCC2CCCCC2C1. The van der Waals surface area contributed by atoms with Crippen LogP contribution in [0.15, 0.2) is 33.8 Å². The quantitative estimate of drug-likeness (QED) is 0.773. The highest BCUT2D eigenvalue weighted by atomic mass is 79.9. The molecule has 0 spiro atoms. The summed E-state index contributed by atoms with van der Waals surface area (Å²) in [6.45, 7) is 1.75. The van der Waals surface area contributed by atoms with Crippen molar-refractivity contribution >= 4 is 32.7 Å². The van der Waals surface area contributed by atoms with Crippen molar-refractivity contribution in [3.63, 3.8) is 0 Å². The maximum absolute atomic E-state index is 12.7. The summed E-state index contributed by atoms with van der Waals surface area (Å²) in [7, 11) is 0. The maximum Gasteiger partial charge on any atom is 0.261 e. The fourth-order valence-corrected chi connectivity index (χ4v) is 4.68. The van der Waals surface area contributed by atoms with Crippen LogP contribution in [0, 0.1) is 11.8 Å². The van der Waals surface area contributed by atoms with E-state index in [0.29, 0.717) is 16.8 Å². The van der Waals surface area contributed by atoms with Crippen LogP contribution >= 0.6 is 15.9 Å². The van der Waals surface area contributed by atoms with Gasteiger partial charge in [-0.15, -0.1) is 0 Å². The lowest BCUT2D eigenvalue weighted by atomic mass is 9.75. The Morgan fingerprint density at radius 2 is 2.00 bits per heavy atom. The van der Waals surface area contributed by atoms with E-state index >= 15 is 0 Å². The Morgan fingerprint density at radius 3 is 2.84 bits per heavy atom. The number of rotatable bonds is 2. The Bertz CT molecular complexity index is 863. The maximum atomic E-state index is 12.7.